The first-order valence-electron chi connectivity index (χ1n) is 6.10. The van der Waals surface area contributed by atoms with E-state index in [1.54, 1.807) is 18.3 Å². The minimum Gasteiger partial charge on any atom is -0.396 e. The maximum Gasteiger partial charge on any atom is 0.137 e. The van der Waals surface area contributed by atoms with Gasteiger partial charge in [0.05, 0.1) is 27.6 Å². The summed E-state index contributed by atoms with van der Waals surface area (Å²) in [4.78, 5) is 4.30. The molecular formula is C15H10Br2FN3. The predicted molar refractivity (Wildman–Crippen MR) is 91.2 cm³/mol. The van der Waals surface area contributed by atoms with E-state index < -0.39 is 0 Å². The van der Waals surface area contributed by atoms with Crippen LogP contribution in [0.25, 0.3) is 10.9 Å². The van der Waals surface area contributed by atoms with Crippen molar-refractivity contribution in [3.63, 3.8) is 0 Å². The molecule has 1 aromatic heterocycles. The van der Waals surface area contributed by atoms with Gasteiger partial charge in [-0.2, -0.15) is 0 Å². The number of rotatable bonds is 2. The Balaban J connectivity index is 2.12. The molecule has 3 nitrogen and oxygen atoms in total. The van der Waals surface area contributed by atoms with Crippen LogP contribution in [0.2, 0.25) is 0 Å². The van der Waals surface area contributed by atoms with Crippen molar-refractivity contribution in [2.24, 2.45) is 0 Å². The van der Waals surface area contributed by atoms with E-state index in [9.17, 15) is 4.39 Å². The molecule has 0 bridgehead atoms. The van der Waals surface area contributed by atoms with Crippen molar-refractivity contribution in [3.05, 3.63) is 57.4 Å². The summed E-state index contributed by atoms with van der Waals surface area (Å²) in [5, 5.41) is 4.12. The van der Waals surface area contributed by atoms with Crippen molar-refractivity contribution in [2.75, 3.05) is 11.1 Å². The molecule has 0 spiro atoms. The second-order valence-electron chi connectivity index (χ2n) is 4.50. The van der Waals surface area contributed by atoms with Gasteiger partial charge >= 0.3 is 0 Å². The predicted octanol–water partition coefficient (Wildman–Crippen LogP) is 5.22. The molecule has 0 aliphatic carbocycles. The lowest BCUT2D eigenvalue weighted by Gasteiger charge is -2.13. The van der Waals surface area contributed by atoms with Crippen molar-refractivity contribution >= 4 is 59.8 Å². The summed E-state index contributed by atoms with van der Waals surface area (Å²) in [6.45, 7) is 0. The van der Waals surface area contributed by atoms with E-state index in [4.69, 9.17) is 5.73 Å². The normalized spacial score (nSPS) is 10.8. The molecular weight excluding hydrogens is 401 g/mol. The highest BCUT2D eigenvalue weighted by atomic mass is 79.9. The Bertz CT molecular complexity index is 831. The molecule has 1 heterocycles. The lowest BCUT2D eigenvalue weighted by Crippen LogP contribution is -1.99. The van der Waals surface area contributed by atoms with Gasteiger partial charge in [0.25, 0.3) is 0 Å². The van der Waals surface area contributed by atoms with Crippen LogP contribution in [0.4, 0.5) is 21.5 Å². The minimum atomic E-state index is -0.309. The van der Waals surface area contributed by atoms with Gasteiger partial charge < -0.3 is 11.1 Å². The van der Waals surface area contributed by atoms with E-state index in [0.29, 0.717) is 10.2 Å². The third kappa shape index (κ3) is 2.87. The van der Waals surface area contributed by atoms with E-state index in [-0.39, 0.29) is 5.82 Å². The molecule has 0 unspecified atom stereocenters. The zero-order chi connectivity index (χ0) is 15.0. The summed E-state index contributed by atoms with van der Waals surface area (Å²) in [6, 6.07) is 10.5. The average Bonchev–Trinajstić information content (AvgIpc) is 2.46. The van der Waals surface area contributed by atoms with E-state index in [2.05, 4.69) is 42.2 Å². The fourth-order valence-corrected chi connectivity index (χ4v) is 2.78. The summed E-state index contributed by atoms with van der Waals surface area (Å²) < 4.78 is 14.6. The molecule has 0 aliphatic heterocycles. The lowest BCUT2D eigenvalue weighted by molar-refractivity contribution is 0.621. The van der Waals surface area contributed by atoms with Crippen LogP contribution in [0, 0.1) is 5.82 Å². The number of fused-ring (bicyclic) bond motifs is 1. The molecule has 2 aromatic carbocycles. The van der Waals surface area contributed by atoms with Gasteiger partial charge in [-0.3, -0.25) is 4.98 Å². The highest BCUT2D eigenvalue weighted by Crippen LogP contribution is 2.33. The Hall–Kier alpha value is -1.66. The minimum absolute atomic E-state index is 0.309. The van der Waals surface area contributed by atoms with Crippen LogP contribution in [0.15, 0.2) is 51.5 Å². The molecule has 21 heavy (non-hydrogen) atoms. The Morgan fingerprint density at radius 1 is 1.10 bits per heavy atom. The van der Waals surface area contributed by atoms with Crippen molar-refractivity contribution in [1.29, 1.82) is 0 Å². The number of benzene rings is 2. The Kier molecular flexibility index (Phi) is 3.82. The molecule has 0 amide bonds. The van der Waals surface area contributed by atoms with Gasteiger partial charge in [0.2, 0.25) is 0 Å². The summed E-state index contributed by atoms with van der Waals surface area (Å²) in [6.07, 6.45) is 1.61. The standard InChI is InChI=1S/C15H10Br2FN3/c16-8-1-4-14-10(5-8)15(13(19)7-20-14)21-9-2-3-12(18)11(17)6-9/h1-7H,19H2,(H,20,21). The quantitative estimate of drug-likeness (QED) is 0.608. The second-order valence-corrected chi connectivity index (χ2v) is 6.27. The number of hydrogen-bond acceptors (Lipinski definition) is 3. The Labute approximate surface area is 137 Å². The van der Waals surface area contributed by atoms with E-state index in [1.165, 1.54) is 6.07 Å². The van der Waals surface area contributed by atoms with Crippen molar-refractivity contribution < 1.29 is 4.39 Å². The number of anilines is 3. The first-order valence-corrected chi connectivity index (χ1v) is 7.69. The first kappa shape index (κ1) is 14.3. The van der Waals surface area contributed by atoms with Crippen LogP contribution in [0.1, 0.15) is 0 Å². The van der Waals surface area contributed by atoms with Gasteiger partial charge in [-0.05, 0) is 52.3 Å². The molecule has 0 saturated heterocycles. The van der Waals surface area contributed by atoms with Gasteiger partial charge in [-0.15, -0.1) is 0 Å². The van der Waals surface area contributed by atoms with E-state index in [0.717, 1.165) is 26.8 Å². The van der Waals surface area contributed by atoms with Crippen LogP contribution >= 0.6 is 31.9 Å². The molecule has 0 radical (unpaired) electrons. The van der Waals surface area contributed by atoms with Crippen LogP contribution < -0.4 is 11.1 Å². The molecule has 0 atom stereocenters. The molecule has 3 aromatic rings. The monoisotopic (exact) mass is 409 g/mol. The zero-order valence-corrected chi connectivity index (χ0v) is 13.9. The number of aromatic nitrogens is 1. The van der Waals surface area contributed by atoms with Gasteiger partial charge in [-0.25, -0.2) is 4.39 Å². The average molecular weight is 411 g/mol. The molecule has 6 heteroatoms. The summed E-state index contributed by atoms with van der Waals surface area (Å²) in [7, 11) is 0. The van der Waals surface area contributed by atoms with E-state index >= 15 is 0 Å². The number of nitrogens with zero attached hydrogens (tertiary/aromatic N) is 1. The van der Waals surface area contributed by atoms with Crippen molar-refractivity contribution in [2.45, 2.75) is 0 Å². The van der Waals surface area contributed by atoms with Crippen LogP contribution in [-0.4, -0.2) is 4.98 Å². The molecule has 3 N–H and O–H groups in total. The van der Waals surface area contributed by atoms with E-state index in [1.807, 2.05) is 18.2 Å². The largest absolute Gasteiger partial charge is 0.396 e. The number of hydrogen-bond donors (Lipinski definition) is 2. The fraction of sp³-hybridized carbons (Fsp3) is 0. The molecule has 106 valence electrons. The maximum absolute atomic E-state index is 13.3. The number of pyridine rings is 1. The third-order valence-electron chi connectivity index (χ3n) is 3.05. The zero-order valence-electron chi connectivity index (χ0n) is 10.7. The van der Waals surface area contributed by atoms with Gasteiger partial charge in [0.15, 0.2) is 0 Å². The number of halogens is 3. The topological polar surface area (TPSA) is 50.9 Å². The fourth-order valence-electron chi connectivity index (χ4n) is 2.04. The second kappa shape index (κ2) is 5.61. The number of nitrogens with two attached hydrogens (primary N) is 1. The van der Waals surface area contributed by atoms with Crippen LogP contribution in [-0.2, 0) is 0 Å². The van der Waals surface area contributed by atoms with Gasteiger partial charge in [0, 0.05) is 15.5 Å². The Morgan fingerprint density at radius 3 is 2.67 bits per heavy atom. The Morgan fingerprint density at radius 2 is 1.90 bits per heavy atom. The summed E-state index contributed by atoms with van der Waals surface area (Å²) >= 11 is 6.62. The first-order chi connectivity index (χ1) is 10.0. The van der Waals surface area contributed by atoms with Gasteiger partial charge in [0.1, 0.15) is 5.82 Å². The smallest absolute Gasteiger partial charge is 0.137 e. The third-order valence-corrected chi connectivity index (χ3v) is 4.15. The summed E-state index contributed by atoms with van der Waals surface area (Å²) in [5.74, 6) is -0.309. The van der Waals surface area contributed by atoms with Crippen LogP contribution in [0.3, 0.4) is 0 Å². The number of nitrogens with one attached hydrogen (secondary N) is 1. The summed E-state index contributed by atoms with van der Waals surface area (Å²) in [5.41, 5.74) is 8.87. The highest BCUT2D eigenvalue weighted by Gasteiger charge is 2.09. The highest BCUT2D eigenvalue weighted by molar-refractivity contribution is 9.10. The maximum atomic E-state index is 13.3. The van der Waals surface area contributed by atoms with Crippen molar-refractivity contribution in [1.82, 2.24) is 4.98 Å². The molecule has 3 rings (SSSR count). The van der Waals surface area contributed by atoms with Crippen LogP contribution in [0.5, 0.6) is 0 Å². The number of nitrogen functional groups attached to an aromatic ring is 1. The molecule has 0 saturated carbocycles. The van der Waals surface area contributed by atoms with Crippen molar-refractivity contribution in [3.8, 4) is 0 Å². The lowest BCUT2D eigenvalue weighted by atomic mass is 10.1. The molecule has 0 fully saturated rings. The molecule has 0 aliphatic rings. The SMILES string of the molecule is Nc1cnc2ccc(Br)cc2c1Nc1ccc(F)c(Br)c1. The van der Waals surface area contributed by atoms with Gasteiger partial charge in [-0.1, -0.05) is 15.9 Å².